The Hall–Kier alpha value is -2.57. The van der Waals surface area contributed by atoms with E-state index in [9.17, 15) is 9.59 Å². The molecule has 0 aliphatic rings. The maximum Gasteiger partial charge on any atom is 0.428 e. The quantitative estimate of drug-likeness (QED) is 0.632. The summed E-state index contributed by atoms with van der Waals surface area (Å²) in [7, 11) is 0. The normalized spacial score (nSPS) is 11.2. The fraction of sp³-hybridized carbons (Fsp3) is 0.357. The molecule has 0 spiro atoms. The smallest absolute Gasteiger partial charge is 0.428 e. The van der Waals surface area contributed by atoms with Crippen molar-refractivity contribution in [3.63, 3.8) is 0 Å². The number of rotatable bonds is 5. The maximum absolute atomic E-state index is 11.3. The van der Waals surface area contributed by atoms with Gasteiger partial charge in [0.05, 0.1) is 6.21 Å². The third kappa shape index (κ3) is 7.56. The molecule has 7 nitrogen and oxygen atoms in total. The van der Waals surface area contributed by atoms with Gasteiger partial charge in [-0.3, -0.25) is 4.79 Å². The van der Waals surface area contributed by atoms with Crippen molar-refractivity contribution >= 4 is 18.2 Å². The summed E-state index contributed by atoms with van der Waals surface area (Å²) >= 11 is 0. The van der Waals surface area contributed by atoms with Gasteiger partial charge in [-0.25, -0.2) is 10.2 Å². The van der Waals surface area contributed by atoms with Gasteiger partial charge in [0.15, 0.2) is 6.61 Å². The molecule has 0 saturated carbocycles. The molecule has 0 unspecified atom stereocenters. The minimum Gasteiger partial charge on any atom is -0.484 e. The molecule has 0 fully saturated rings. The van der Waals surface area contributed by atoms with E-state index in [-0.39, 0.29) is 6.61 Å². The molecule has 3 N–H and O–H groups in total. The van der Waals surface area contributed by atoms with Crippen molar-refractivity contribution in [2.24, 2.45) is 10.8 Å². The average molecular weight is 293 g/mol. The van der Waals surface area contributed by atoms with Crippen LogP contribution >= 0.6 is 0 Å². The van der Waals surface area contributed by atoms with Crippen LogP contribution in [0.2, 0.25) is 0 Å². The number of benzene rings is 1. The molecule has 1 aromatic carbocycles. The predicted octanol–water partition coefficient (Wildman–Crippen LogP) is 1.41. The number of hydrogen-bond acceptors (Lipinski definition) is 5. The Bertz CT molecular complexity index is 518. The van der Waals surface area contributed by atoms with E-state index in [1.54, 1.807) is 45.0 Å². The van der Waals surface area contributed by atoms with E-state index < -0.39 is 17.6 Å². The lowest BCUT2D eigenvalue weighted by Gasteiger charge is -2.18. The summed E-state index contributed by atoms with van der Waals surface area (Å²) in [5.74, 6) is -0.0201. The Morgan fingerprint density at radius 3 is 2.43 bits per heavy atom. The van der Waals surface area contributed by atoms with Crippen LogP contribution in [-0.2, 0) is 9.53 Å². The van der Waals surface area contributed by atoms with E-state index in [2.05, 4.69) is 10.5 Å². The highest BCUT2D eigenvalue weighted by atomic mass is 16.6. The highest BCUT2D eigenvalue weighted by Gasteiger charge is 2.15. The van der Waals surface area contributed by atoms with E-state index in [1.807, 2.05) is 0 Å². The summed E-state index contributed by atoms with van der Waals surface area (Å²) in [6, 6.07) is 6.77. The molecule has 0 bridgehead atoms. The van der Waals surface area contributed by atoms with E-state index in [0.717, 1.165) is 5.56 Å². The second kappa shape index (κ2) is 7.28. The van der Waals surface area contributed by atoms with Gasteiger partial charge in [-0.2, -0.15) is 5.10 Å². The Balaban J connectivity index is 2.46. The van der Waals surface area contributed by atoms with Gasteiger partial charge in [0, 0.05) is 0 Å². The predicted molar refractivity (Wildman–Crippen MR) is 78.1 cm³/mol. The molecule has 0 aliphatic carbocycles. The van der Waals surface area contributed by atoms with Crippen molar-refractivity contribution in [3.05, 3.63) is 29.8 Å². The number of ether oxygens (including phenoxy) is 2. The van der Waals surface area contributed by atoms with Gasteiger partial charge in [0.1, 0.15) is 11.4 Å². The number of carbonyl (C=O) groups is 2. The van der Waals surface area contributed by atoms with Crippen molar-refractivity contribution < 1.29 is 19.1 Å². The molecule has 21 heavy (non-hydrogen) atoms. The molecule has 0 radical (unpaired) electrons. The first-order valence-corrected chi connectivity index (χ1v) is 6.29. The van der Waals surface area contributed by atoms with Crippen LogP contribution in [0.15, 0.2) is 29.4 Å². The number of nitrogens with one attached hydrogen (secondary N) is 1. The van der Waals surface area contributed by atoms with Crippen molar-refractivity contribution in [2.75, 3.05) is 6.61 Å². The van der Waals surface area contributed by atoms with Crippen LogP contribution in [0.25, 0.3) is 0 Å². The second-order valence-electron chi connectivity index (χ2n) is 5.20. The zero-order valence-electron chi connectivity index (χ0n) is 12.3. The average Bonchev–Trinajstić information content (AvgIpc) is 2.35. The first-order chi connectivity index (χ1) is 9.76. The van der Waals surface area contributed by atoms with Crippen LogP contribution in [-0.4, -0.2) is 30.4 Å². The Morgan fingerprint density at radius 2 is 1.90 bits per heavy atom. The van der Waals surface area contributed by atoms with Crippen molar-refractivity contribution in [1.29, 1.82) is 0 Å². The zero-order valence-corrected chi connectivity index (χ0v) is 12.3. The van der Waals surface area contributed by atoms with Crippen molar-refractivity contribution in [1.82, 2.24) is 5.43 Å². The second-order valence-corrected chi connectivity index (χ2v) is 5.20. The van der Waals surface area contributed by atoms with E-state index in [0.29, 0.717) is 5.75 Å². The number of hydrogen-bond donors (Lipinski definition) is 2. The molecule has 0 atom stereocenters. The lowest BCUT2D eigenvalue weighted by molar-refractivity contribution is -0.119. The van der Waals surface area contributed by atoms with Gasteiger partial charge in [-0.1, -0.05) is 0 Å². The maximum atomic E-state index is 11.3. The van der Waals surface area contributed by atoms with Crippen LogP contribution in [0.3, 0.4) is 0 Å². The summed E-state index contributed by atoms with van der Waals surface area (Å²) in [5.41, 5.74) is 7.41. The lowest BCUT2D eigenvalue weighted by Crippen LogP contribution is -2.29. The van der Waals surface area contributed by atoms with Gasteiger partial charge in [-0.15, -0.1) is 0 Å². The monoisotopic (exact) mass is 293 g/mol. The van der Waals surface area contributed by atoms with E-state index in [4.69, 9.17) is 15.2 Å². The number of nitrogens with zero attached hydrogens (tertiary/aromatic N) is 1. The Morgan fingerprint density at radius 1 is 1.29 bits per heavy atom. The molecular weight excluding hydrogens is 274 g/mol. The molecule has 114 valence electrons. The number of carbonyl (C=O) groups excluding carboxylic acids is 2. The number of primary amides is 1. The Kier molecular flexibility index (Phi) is 5.71. The summed E-state index contributed by atoms with van der Waals surface area (Å²) < 4.78 is 10.1. The van der Waals surface area contributed by atoms with Gasteiger partial charge < -0.3 is 15.2 Å². The molecule has 0 aliphatic heterocycles. The van der Waals surface area contributed by atoms with Gasteiger partial charge in [0.25, 0.3) is 5.91 Å². The number of amides is 2. The van der Waals surface area contributed by atoms with E-state index in [1.165, 1.54) is 6.21 Å². The fourth-order valence-electron chi connectivity index (χ4n) is 1.27. The highest BCUT2D eigenvalue weighted by molar-refractivity contribution is 5.81. The summed E-state index contributed by atoms with van der Waals surface area (Å²) in [4.78, 5) is 21.9. The topological polar surface area (TPSA) is 103 Å². The molecule has 1 rings (SSSR count). The third-order valence-electron chi connectivity index (χ3n) is 2.03. The lowest BCUT2D eigenvalue weighted by atomic mass is 10.2. The van der Waals surface area contributed by atoms with Crippen molar-refractivity contribution in [3.8, 4) is 5.75 Å². The standard InChI is InChI=1S/C14H19N3O4/c1-14(2,3)21-13(19)17-16-8-10-4-6-11(7-5-10)20-9-12(15)18/h4-8H,9H2,1-3H3,(H2,15,18)(H,17,19). The number of nitrogens with two attached hydrogens (primary N) is 1. The fourth-order valence-corrected chi connectivity index (χ4v) is 1.27. The largest absolute Gasteiger partial charge is 0.484 e. The summed E-state index contributed by atoms with van der Waals surface area (Å²) in [6.45, 7) is 5.12. The minimum absolute atomic E-state index is 0.173. The highest BCUT2D eigenvalue weighted by Crippen LogP contribution is 2.10. The zero-order chi connectivity index (χ0) is 15.9. The molecule has 0 heterocycles. The van der Waals surface area contributed by atoms with Crippen LogP contribution in [0.1, 0.15) is 26.3 Å². The summed E-state index contributed by atoms with van der Waals surface area (Å²) in [6.07, 6.45) is 0.835. The van der Waals surface area contributed by atoms with Gasteiger partial charge >= 0.3 is 6.09 Å². The first-order valence-electron chi connectivity index (χ1n) is 6.29. The Labute approximate surface area is 123 Å². The minimum atomic E-state index is -0.625. The molecule has 0 saturated heterocycles. The molecule has 0 aromatic heterocycles. The van der Waals surface area contributed by atoms with Crippen LogP contribution in [0.5, 0.6) is 5.75 Å². The van der Waals surface area contributed by atoms with Gasteiger partial charge in [0.2, 0.25) is 0 Å². The van der Waals surface area contributed by atoms with Crippen LogP contribution in [0.4, 0.5) is 4.79 Å². The first kappa shape index (κ1) is 16.5. The van der Waals surface area contributed by atoms with Crippen molar-refractivity contribution in [2.45, 2.75) is 26.4 Å². The molecule has 1 aromatic rings. The molecule has 2 amide bonds. The van der Waals surface area contributed by atoms with Gasteiger partial charge in [-0.05, 0) is 50.6 Å². The molecule has 7 heteroatoms. The third-order valence-corrected chi connectivity index (χ3v) is 2.03. The summed E-state index contributed by atoms with van der Waals surface area (Å²) in [5, 5.41) is 3.77. The van der Waals surface area contributed by atoms with Crippen LogP contribution in [0, 0.1) is 0 Å². The SMILES string of the molecule is CC(C)(C)OC(=O)NN=Cc1ccc(OCC(N)=O)cc1. The van der Waals surface area contributed by atoms with Crippen LogP contribution < -0.4 is 15.9 Å². The molecular formula is C14H19N3O4. The van der Waals surface area contributed by atoms with E-state index >= 15 is 0 Å². The number of hydrazone groups is 1.